The van der Waals surface area contributed by atoms with Crippen LogP contribution in [0, 0.1) is 0 Å². The van der Waals surface area contributed by atoms with Gasteiger partial charge in [-0.1, -0.05) is 11.2 Å². The SMILES string of the molecule is O=C(O)c1ccc2ccn(Cc3cnoc3)c2c1. The summed E-state index contributed by atoms with van der Waals surface area (Å²) in [5.74, 6) is -0.922. The van der Waals surface area contributed by atoms with Crippen LogP contribution in [0.2, 0.25) is 0 Å². The van der Waals surface area contributed by atoms with Crippen LogP contribution in [-0.2, 0) is 6.54 Å². The zero-order valence-corrected chi connectivity index (χ0v) is 9.41. The van der Waals surface area contributed by atoms with Gasteiger partial charge in [0.25, 0.3) is 0 Å². The second-order valence-electron chi connectivity index (χ2n) is 4.06. The largest absolute Gasteiger partial charge is 0.478 e. The Kier molecular flexibility index (Phi) is 2.37. The molecule has 0 bridgehead atoms. The first-order chi connectivity index (χ1) is 8.74. The quantitative estimate of drug-likeness (QED) is 0.765. The Morgan fingerprint density at radius 3 is 3.00 bits per heavy atom. The van der Waals surface area contributed by atoms with Crippen molar-refractivity contribution in [3.05, 3.63) is 54.0 Å². The highest BCUT2D eigenvalue weighted by Crippen LogP contribution is 2.19. The number of rotatable bonds is 3. The van der Waals surface area contributed by atoms with Gasteiger partial charge in [0.2, 0.25) is 0 Å². The number of carboxylic acids is 1. The number of aromatic nitrogens is 2. The summed E-state index contributed by atoms with van der Waals surface area (Å²) in [4.78, 5) is 11.0. The lowest BCUT2D eigenvalue weighted by molar-refractivity contribution is 0.0697. The number of carbonyl (C=O) groups is 1. The predicted molar refractivity (Wildman–Crippen MR) is 64.5 cm³/mol. The first-order valence-electron chi connectivity index (χ1n) is 5.44. The number of fused-ring (bicyclic) bond motifs is 1. The minimum absolute atomic E-state index is 0.285. The summed E-state index contributed by atoms with van der Waals surface area (Å²) in [5.41, 5.74) is 2.11. The van der Waals surface area contributed by atoms with Crippen molar-refractivity contribution in [1.82, 2.24) is 9.72 Å². The summed E-state index contributed by atoms with van der Waals surface area (Å²) >= 11 is 0. The zero-order chi connectivity index (χ0) is 12.5. The Morgan fingerprint density at radius 1 is 1.39 bits per heavy atom. The molecule has 5 heteroatoms. The highest BCUT2D eigenvalue weighted by atomic mass is 16.5. The Hall–Kier alpha value is -2.56. The lowest BCUT2D eigenvalue weighted by Crippen LogP contribution is -1.99. The number of hydrogen-bond donors (Lipinski definition) is 1. The van der Waals surface area contributed by atoms with E-state index in [1.807, 2.05) is 22.9 Å². The molecule has 90 valence electrons. The molecule has 3 rings (SSSR count). The van der Waals surface area contributed by atoms with Gasteiger partial charge in [0.05, 0.1) is 18.3 Å². The summed E-state index contributed by atoms with van der Waals surface area (Å²) in [6.07, 6.45) is 5.14. The Labute approximate surface area is 102 Å². The predicted octanol–water partition coefficient (Wildman–Crippen LogP) is 2.38. The average Bonchev–Trinajstić information content (AvgIpc) is 2.99. The van der Waals surface area contributed by atoms with E-state index in [1.54, 1.807) is 24.6 Å². The number of carboxylic acid groups (broad SMARTS) is 1. The van der Waals surface area contributed by atoms with Gasteiger partial charge in [0.1, 0.15) is 6.26 Å². The van der Waals surface area contributed by atoms with Crippen molar-refractivity contribution in [2.24, 2.45) is 0 Å². The highest BCUT2D eigenvalue weighted by Gasteiger charge is 2.07. The highest BCUT2D eigenvalue weighted by molar-refractivity contribution is 5.93. The fraction of sp³-hybridized carbons (Fsp3) is 0.0769. The molecule has 0 saturated heterocycles. The molecule has 1 N–H and O–H groups in total. The standard InChI is InChI=1S/C13H10N2O3/c16-13(17)11-2-1-10-3-4-15(12(10)5-11)7-9-6-14-18-8-9/h1-6,8H,7H2,(H,16,17). The van der Waals surface area contributed by atoms with Crippen LogP contribution in [0.1, 0.15) is 15.9 Å². The Balaban J connectivity index is 2.06. The fourth-order valence-corrected chi connectivity index (χ4v) is 1.96. The van der Waals surface area contributed by atoms with Crippen molar-refractivity contribution in [3.63, 3.8) is 0 Å². The van der Waals surface area contributed by atoms with Crippen molar-refractivity contribution in [1.29, 1.82) is 0 Å². The van der Waals surface area contributed by atoms with Crippen LogP contribution in [0.5, 0.6) is 0 Å². The van der Waals surface area contributed by atoms with E-state index in [9.17, 15) is 4.79 Å². The summed E-state index contributed by atoms with van der Waals surface area (Å²) < 4.78 is 6.75. The lowest BCUT2D eigenvalue weighted by atomic mass is 10.1. The maximum atomic E-state index is 11.0. The first-order valence-corrected chi connectivity index (χ1v) is 5.44. The minimum atomic E-state index is -0.922. The van der Waals surface area contributed by atoms with Crippen LogP contribution in [0.3, 0.4) is 0 Å². The van der Waals surface area contributed by atoms with Crippen LogP contribution < -0.4 is 0 Å². The molecule has 2 aromatic heterocycles. The maximum absolute atomic E-state index is 11.0. The van der Waals surface area contributed by atoms with Gasteiger partial charge >= 0.3 is 5.97 Å². The molecule has 0 unspecified atom stereocenters. The molecule has 0 fully saturated rings. The second-order valence-corrected chi connectivity index (χ2v) is 4.06. The van der Waals surface area contributed by atoms with E-state index in [4.69, 9.17) is 9.63 Å². The van der Waals surface area contributed by atoms with Crippen LogP contribution in [-0.4, -0.2) is 20.8 Å². The number of aromatic carboxylic acids is 1. The van der Waals surface area contributed by atoms with E-state index in [0.717, 1.165) is 16.5 Å². The molecule has 0 radical (unpaired) electrons. The van der Waals surface area contributed by atoms with Gasteiger partial charge in [0, 0.05) is 17.3 Å². The van der Waals surface area contributed by atoms with Gasteiger partial charge in [-0.3, -0.25) is 0 Å². The van der Waals surface area contributed by atoms with Gasteiger partial charge in [-0.2, -0.15) is 0 Å². The number of benzene rings is 1. The molecule has 18 heavy (non-hydrogen) atoms. The van der Waals surface area contributed by atoms with E-state index in [0.29, 0.717) is 6.54 Å². The summed E-state index contributed by atoms with van der Waals surface area (Å²) in [7, 11) is 0. The maximum Gasteiger partial charge on any atom is 0.335 e. The Morgan fingerprint density at radius 2 is 2.28 bits per heavy atom. The average molecular weight is 242 g/mol. The van der Waals surface area contributed by atoms with Crippen LogP contribution in [0.15, 0.2) is 47.4 Å². The molecule has 0 atom stereocenters. The molecule has 2 heterocycles. The third-order valence-corrected chi connectivity index (χ3v) is 2.86. The number of nitrogens with zero attached hydrogens (tertiary/aromatic N) is 2. The number of hydrogen-bond acceptors (Lipinski definition) is 3. The van der Waals surface area contributed by atoms with Crippen molar-refractivity contribution in [3.8, 4) is 0 Å². The van der Waals surface area contributed by atoms with Gasteiger partial charge in [0.15, 0.2) is 0 Å². The molecule has 0 amide bonds. The van der Waals surface area contributed by atoms with Crippen LogP contribution >= 0.6 is 0 Å². The molecule has 5 nitrogen and oxygen atoms in total. The van der Waals surface area contributed by atoms with E-state index >= 15 is 0 Å². The van der Waals surface area contributed by atoms with E-state index in [2.05, 4.69) is 5.16 Å². The molecule has 0 aliphatic rings. The second kappa shape index (κ2) is 4.03. The topological polar surface area (TPSA) is 68.3 Å². The zero-order valence-electron chi connectivity index (χ0n) is 9.41. The molecule has 1 aromatic carbocycles. The molecule has 0 spiro atoms. The van der Waals surface area contributed by atoms with Gasteiger partial charge in [-0.15, -0.1) is 0 Å². The smallest absolute Gasteiger partial charge is 0.335 e. The normalized spacial score (nSPS) is 10.9. The van der Waals surface area contributed by atoms with Gasteiger partial charge in [-0.05, 0) is 23.6 Å². The van der Waals surface area contributed by atoms with Crippen LogP contribution in [0.4, 0.5) is 0 Å². The molecule has 3 aromatic rings. The van der Waals surface area contributed by atoms with E-state index < -0.39 is 5.97 Å². The fourth-order valence-electron chi connectivity index (χ4n) is 1.96. The van der Waals surface area contributed by atoms with Crippen molar-refractivity contribution < 1.29 is 14.4 Å². The minimum Gasteiger partial charge on any atom is -0.478 e. The summed E-state index contributed by atoms with van der Waals surface area (Å²) in [5, 5.41) is 13.7. The third kappa shape index (κ3) is 1.75. The van der Waals surface area contributed by atoms with Gasteiger partial charge < -0.3 is 14.2 Å². The summed E-state index contributed by atoms with van der Waals surface area (Å²) in [6.45, 7) is 0.607. The molecular weight excluding hydrogens is 232 g/mol. The van der Waals surface area contributed by atoms with E-state index in [1.165, 1.54) is 0 Å². The lowest BCUT2D eigenvalue weighted by Gasteiger charge is -2.03. The molecular formula is C13H10N2O3. The van der Waals surface area contributed by atoms with Crippen molar-refractivity contribution in [2.45, 2.75) is 6.54 Å². The summed E-state index contributed by atoms with van der Waals surface area (Å²) in [6, 6.07) is 7.04. The first kappa shape index (κ1) is 10.6. The van der Waals surface area contributed by atoms with Crippen LogP contribution in [0.25, 0.3) is 10.9 Å². The van der Waals surface area contributed by atoms with E-state index in [-0.39, 0.29) is 5.56 Å². The molecule has 0 aliphatic heterocycles. The molecule has 0 aliphatic carbocycles. The van der Waals surface area contributed by atoms with Crippen molar-refractivity contribution >= 4 is 16.9 Å². The monoisotopic (exact) mass is 242 g/mol. The van der Waals surface area contributed by atoms with Gasteiger partial charge in [-0.25, -0.2) is 4.79 Å². The Bertz CT molecular complexity index is 698. The van der Waals surface area contributed by atoms with Crippen molar-refractivity contribution in [2.75, 3.05) is 0 Å². The molecule has 0 saturated carbocycles. The third-order valence-electron chi connectivity index (χ3n) is 2.86.